The third-order valence-corrected chi connectivity index (χ3v) is 5.56. The Morgan fingerprint density at radius 1 is 0.969 bits per heavy atom. The van der Waals surface area contributed by atoms with Crippen LogP contribution in [0.15, 0.2) is 48.5 Å². The number of aromatic nitrogens is 2. The van der Waals surface area contributed by atoms with Crippen molar-refractivity contribution in [1.82, 2.24) is 14.9 Å². The molecule has 3 aromatic rings. The molecule has 1 aromatic heterocycles. The average Bonchev–Trinajstić information content (AvgIpc) is 3.00. The first kappa shape index (κ1) is 21.8. The van der Waals surface area contributed by atoms with Crippen molar-refractivity contribution in [2.75, 3.05) is 20.2 Å². The van der Waals surface area contributed by atoms with E-state index in [-0.39, 0.29) is 11.5 Å². The molecule has 0 radical (unpaired) electrons. The molecule has 0 spiro atoms. The number of carbonyl (C=O) groups is 1. The Morgan fingerprint density at radius 2 is 1.62 bits per heavy atom. The molecule has 4 rings (SSSR count). The maximum atomic E-state index is 13.0. The molecule has 2 heterocycles. The van der Waals surface area contributed by atoms with E-state index in [0.29, 0.717) is 31.8 Å². The molecule has 1 amide bonds. The van der Waals surface area contributed by atoms with Gasteiger partial charge in [0, 0.05) is 41.9 Å². The lowest BCUT2D eigenvalue weighted by Gasteiger charge is -2.20. The average molecular weight is 441 g/mol. The van der Waals surface area contributed by atoms with Crippen molar-refractivity contribution in [2.24, 2.45) is 0 Å². The molecular weight excluding hydrogens is 419 g/mol. The van der Waals surface area contributed by atoms with E-state index in [4.69, 9.17) is 4.74 Å². The Balaban J connectivity index is 1.58. The molecule has 0 saturated heterocycles. The van der Waals surface area contributed by atoms with E-state index in [1.807, 2.05) is 31.2 Å². The number of ether oxygens (including phenoxy) is 1. The van der Waals surface area contributed by atoms with Crippen LogP contribution in [0.3, 0.4) is 0 Å². The van der Waals surface area contributed by atoms with Gasteiger partial charge in [-0.15, -0.1) is 0 Å². The Kier molecular flexibility index (Phi) is 5.86. The largest absolute Gasteiger partial charge is 0.497 e. The predicted octanol–water partition coefficient (Wildman–Crippen LogP) is 4.72. The van der Waals surface area contributed by atoms with Crippen molar-refractivity contribution in [3.05, 3.63) is 76.7 Å². The third-order valence-electron chi connectivity index (χ3n) is 5.56. The zero-order chi connectivity index (χ0) is 22.9. The van der Waals surface area contributed by atoms with Gasteiger partial charge in [-0.1, -0.05) is 0 Å². The summed E-state index contributed by atoms with van der Waals surface area (Å²) in [4.78, 5) is 23.9. The van der Waals surface area contributed by atoms with Gasteiger partial charge in [-0.05, 0) is 61.9 Å². The maximum absolute atomic E-state index is 13.0. The number of rotatable bonds is 3. The molecular formula is C24H22F3N3O2. The summed E-state index contributed by atoms with van der Waals surface area (Å²) in [6, 6.07) is 12.0. The summed E-state index contributed by atoms with van der Waals surface area (Å²) in [5.41, 5.74) is 3.12. The molecule has 2 aromatic carbocycles. The van der Waals surface area contributed by atoms with Crippen LogP contribution in [0.5, 0.6) is 5.75 Å². The van der Waals surface area contributed by atoms with Crippen LogP contribution in [0, 0.1) is 6.92 Å². The normalized spacial score (nSPS) is 14.0. The van der Waals surface area contributed by atoms with Crippen LogP contribution in [0.2, 0.25) is 0 Å². The first-order valence-corrected chi connectivity index (χ1v) is 10.2. The van der Waals surface area contributed by atoms with Gasteiger partial charge in [0.1, 0.15) is 11.6 Å². The van der Waals surface area contributed by atoms with Crippen molar-refractivity contribution in [1.29, 1.82) is 0 Å². The Morgan fingerprint density at radius 3 is 2.25 bits per heavy atom. The highest BCUT2D eigenvalue weighted by Crippen LogP contribution is 2.30. The van der Waals surface area contributed by atoms with Crippen molar-refractivity contribution < 1.29 is 22.7 Å². The summed E-state index contributed by atoms with van der Waals surface area (Å²) in [5, 5.41) is 0. The Labute approximate surface area is 183 Å². The Bertz CT molecular complexity index is 1130. The number of amides is 1. The summed E-state index contributed by atoms with van der Waals surface area (Å²) in [6.45, 7) is 2.71. The fraction of sp³-hybridized carbons (Fsp3) is 0.292. The van der Waals surface area contributed by atoms with E-state index >= 15 is 0 Å². The molecule has 1 aliphatic heterocycles. The number of methoxy groups -OCH3 is 1. The van der Waals surface area contributed by atoms with E-state index in [1.165, 1.54) is 12.1 Å². The molecule has 0 unspecified atom stereocenters. The number of benzene rings is 2. The second-order valence-corrected chi connectivity index (χ2v) is 7.64. The Hall–Kier alpha value is -3.42. The number of halogens is 3. The summed E-state index contributed by atoms with van der Waals surface area (Å²) in [5.74, 6) is 1.11. The van der Waals surface area contributed by atoms with Gasteiger partial charge < -0.3 is 9.64 Å². The lowest BCUT2D eigenvalue weighted by Crippen LogP contribution is -2.33. The smallest absolute Gasteiger partial charge is 0.416 e. The molecule has 0 saturated carbocycles. The van der Waals surface area contributed by atoms with Crippen LogP contribution in [-0.4, -0.2) is 41.0 Å². The number of hydrogen-bond acceptors (Lipinski definition) is 4. The molecule has 1 aliphatic rings. The lowest BCUT2D eigenvalue weighted by atomic mass is 10.0. The van der Waals surface area contributed by atoms with E-state index < -0.39 is 11.7 Å². The van der Waals surface area contributed by atoms with Crippen LogP contribution in [0.4, 0.5) is 13.2 Å². The summed E-state index contributed by atoms with van der Waals surface area (Å²) < 4.78 is 43.7. The van der Waals surface area contributed by atoms with Gasteiger partial charge in [0.05, 0.1) is 18.4 Å². The second-order valence-electron chi connectivity index (χ2n) is 7.64. The molecule has 5 nitrogen and oxygen atoms in total. The van der Waals surface area contributed by atoms with Crippen molar-refractivity contribution in [2.45, 2.75) is 25.9 Å². The second kappa shape index (κ2) is 8.61. The van der Waals surface area contributed by atoms with Crippen LogP contribution in [-0.2, 0) is 19.0 Å². The zero-order valence-corrected chi connectivity index (χ0v) is 17.7. The van der Waals surface area contributed by atoms with Gasteiger partial charge in [0.25, 0.3) is 5.91 Å². The van der Waals surface area contributed by atoms with E-state index in [1.54, 1.807) is 12.0 Å². The number of aryl methyl sites for hydroxylation is 1. The fourth-order valence-corrected chi connectivity index (χ4v) is 3.90. The maximum Gasteiger partial charge on any atom is 0.416 e. The van der Waals surface area contributed by atoms with Gasteiger partial charge in [-0.25, -0.2) is 9.97 Å². The molecule has 8 heteroatoms. The van der Waals surface area contributed by atoms with Gasteiger partial charge >= 0.3 is 6.18 Å². The van der Waals surface area contributed by atoms with Gasteiger partial charge in [-0.2, -0.15) is 13.2 Å². The predicted molar refractivity (Wildman–Crippen MR) is 114 cm³/mol. The molecule has 0 bridgehead atoms. The number of alkyl halides is 3. The number of fused-ring (bicyclic) bond motifs is 1. The number of carbonyl (C=O) groups excluding carboxylic acids is 1. The summed E-state index contributed by atoms with van der Waals surface area (Å²) >= 11 is 0. The van der Waals surface area contributed by atoms with E-state index in [2.05, 4.69) is 9.97 Å². The minimum atomic E-state index is -4.43. The third kappa shape index (κ3) is 4.44. The van der Waals surface area contributed by atoms with Crippen molar-refractivity contribution in [3.8, 4) is 17.0 Å². The van der Waals surface area contributed by atoms with Crippen molar-refractivity contribution in [3.63, 3.8) is 0 Å². The highest BCUT2D eigenvalue weighted by atomic mass is 19.4. The number of nitrogens with zero attached hydrogens (tertiary/aromatic N) is 3. The molecule has 0 atom stereocenters. The summed E-state index contributed by atoms with van der Waals surface area (Å²) in [7, 11) is 1.61. The molecule has 0 aliphatic carbocycles. The van der Waals surface area contributed by atoms with E-state index in [9.17, 15) is 18.0 Å². The number of hydrogen-bond donors (Lipinski definition) is 0. The quantitative estimate of drug-likeness (QED) is 0.590. The SMILES string of the molecule is COc1ccc(-c2nc(C)nc3c2CCN(C(=O)c2ccc(C(F)(F)F)cc2)CC3)cc1. The molecule has 166 valence electrons. The van der Waals surface area contributed by atoms with Crippen LogP contribution < -0.4 is 4.74 Å². The highest BCUT2D eigenvalue weighted by molar-refractivity contribution is 5.94. The van der Waals surface area contributed by atoms with Gasteiger partial charge in [0.15, 0.2) is 0 Å². The first-order valence-electron chi connectivity index (χ1n) is 10.2. The van der Waals surface area contributed by atoms with E-state index in [0.717, 1.165) is 40.4 Å². The van der Waals surface area contributed by atoms with Crippen LogP contribution in [0.25, 0.3) is 11.3 Å². The minimum Gasteiger partial charge on any atom is -0.497 e. The standard InChI is InChI=1S/C24H22F3N3O2/c1-15-28-21-12-14-30(23(31)17-3-7-18(8-4-17)24(25,26)27)13-11-20(21)22(29-15)16-5-9-19(32-2)10-6-16/h3-10H,11-14H2,1-2H3. The van der Waals surface area contributed by atoms with Crippen LogP contribution in [0.1, 0.15) is 33.0 Å². The van der Waals surface area contributed by atoms with Crippen LogP contribution >= 0.6 is 0 Å². The molecule has 32 heavy (non-hydrogen) atoms. The monoisotopic (exact) mass is 441 g/mol. The first-order chi connectivity index (χ1) is 15.3. The van der Waals surface area contributed by atoms with Crippen molar-refractivity contribution >= 4 is 5.91 Å². The summed E-state index contributed by atoms with van der Waals surface area (Å²) in [6.07, 6.45) is -3.32. The van der Waals surface area contributed by atoms with Gasteiger partial charge in [-0.3, -0.25) is 4.79 Å². The highest BCUT2D eigenvalue weighted by Gasteiger charge is 2.31. The molecule has 0 fully saturated rings. The van der Waals surface area contributed by atoms with Gasteiger partial charge in [0.2, 0.25) is 0 Å². The zero-order valence-electron chi connectivity index (χ0n) is 17.7. The topological polar surface area (TPSA) is 55.3 Å². The molecule has 0 N–H and O–H groups in total. The minimum absolute atomic E-state index is 0.238. The lowest BCUT2D eigenvalue weighted by molar-refractivity contribution is -0.137. The fourth-order valence-electron chi connectivity index (χ4n) is 3.90.